The molecule has 0 heterocycles. The summed E-state index contributed by atoms with van der Waals surface area (Å²) in [6, 6.07) is 4.25. The fourth-order valence-corrected chi connectivity index (χ4v) is 1.18. The Bertz CT molecular complexity index is 402. The van der Waals surface area contributed by atoms with E-state index in [0.29, 0.717) is 11.1 Å². The zero-order chi connectivity index (χ0) is 12.3. The number of carbonyl (C=O) groups excluding carboxylic acids is 1. The van der Waals surface area contributed by atoms with Gasteiger partial charge in [0.25, 0.3) is 0 Å². The topological polar surface area (TPSA) is 66.8 Å². The number of aliphatic hydroxyl groups excluding tert-OH is 1. The summed E-state index contributed by atoms with van der Waals surface area (Å²) in [6.45, 7) is 5.01. The van der Waals surface area contributed by atoms with Crippen molar-refractivity contribution in [1.82, 2.24) is 0 Å². The minimum absolute atomic E-state index is 0. The van der Waals surface area contributed by atoms with E-state index in [0.717, 1.165) is 0 Å². The predicted octanol–water partition coefficient (Wildman–Crippen LogP) is -2.61. The summed E-state index contributed by atoms with van der Waals surface area (Å²) in [4.78, 5) is 11.7. The Kier molecular flexibility index (Phi) is 8.65. The second-order valence-electron chi connectivity index (χ2n) is 4.50. The van der Waals surface area contributed by atoms with Gasteiger partial charge in [0.1, 0.15) is 11.4 Å². The third-order valence-corrected chi connectivity index (χ3v) is 1.88. The predicted molar refractivity (Wildman–Crippen MR) is 70.5 cm³/mol. The van der Waals surface area contributed by atoms with E-state index in [-0.39, 0.29) is 50.3 Å². The van der Waals surface area contributed by atoms with Gasteiger partial charge in [-0.1, -0.05) is 8.41 Å². The van der Waals surface area contributed by atoms with Crippen LogP contribution in [0, 0.1) is 0 Å². The summed E-state index contributed by atoms with van der Waals surface area (Å²) in [7, 11) is 0. The molecule has 0 radical (unpaired) electrons. The van der Waals surface area contributed by atoms with Crippen molar-refractivity contribution >= 4 is 14.4 Å². The maximum Gasteiger partial charge on any atom is 1.00 e. The fraction of sp³-hybridized carbons (Fsp3) is 0.417. The number of phenols is 1. The summed E-state index contributed by atoms with van der Waals surface area (Å²) < 4.78 is 5.16. The molecule has 0 aliphatic rings. The minimum Gasteiger partial charge on any atom is -0.508 e. The van der Waals surface area contributed by atoms with Crippen molar-refractivity contribution in [2.45, 2.75) is 33.0 Å². The molecular weight excluding hydrogens is 242 g/mol. The van der Waals surface area contributed by atoms with Gasteiger partial charge in [-0.05, 0) is 39.0 Å². The van der Waals surface area contributed by atoms with Crippen molar-refractivity contribution < 1.29 is 49.3 Å². The monoisotopic (exact) mass is 262 g/mol. The van der Waals surface area contributed by atoms with Crippen molar-refractivity contribution in [1.29, 1.82) is 0 Å². The normalized spacial score (nSPS) is 10.0. The van der Waals surface area contributed by atoms with E-state index in [9.17, 15) is 9.90 Å². The maximum absolute atomic E-state index is 11.7. The molecule has 0 saturated carbocycles. The van der Waals surface area contributed by atoms with Crippen LogP contribution in [0.2, 0.25) is 0 Å². The van der Waals surface area contributed by atoms with Crippen LogP contribution >= 0.6 is 0 Å². The fourth-order valence-electron chi connectivity index (χ4n) is 1.18. The molecular formula is C12H20BNaO4. The van der Waals surface area contributed by atoms with Gasteiger partial charge in [0, 0.05) is 5.56 Å². The summed E-state index contributed by atoms with van der Waals surface area (Å²) >= 11 is 0. The van der Waals surface area contributed by atoms with Gasteiger partial charge in [0.05, 0.1) is 12.2 Å². The molecule has 0 bridgehead atoms. The summed E-state index contributed by atoms with van der Waals surface area (Å²) in [5, 5.41) is 18.3. The van der Waals surface area contributed by atoms with Crippen LogP contribution in [0.5, 0.6) is 5.75 Å². The molecule has 1 rings (SSSR count). The first-order valence-corrected chi connectivity index (χ1v) is 4.99. The second-order valence-corrected chi connectivity index (χ2v) is 4.50. The van der Waals surface area contributed by atoms with Crippen LogP contribution in [0.15, 0.2) is 18.2 Å². The van der Waals surface area contributed by atoms with E-state index < -0.39 is 11.6 Å². The summed E-state index contributed by atoms with van der Waals surface area (Å²) in [6.07, 6.45) is 0. The number of ether oxygens (including phenoxy) is 1. The van der Waals surface area contributed by atoms with Gasteiger partial charge in [-0.3, -0.25) is 0 Å². The molecule has 6 heteroatoms. The van der Waals surface area contributed by atoms with E-state index in [2.05, 4.69) is 0 Å². The third-order valence-electron chi connectivity index (χ3n) is 1.88. The molecule has 0 spiro atoms. The van der Waals surface area contributed by atoms with Crippen LogP contribution in [0.4, 0.5) is 0 Å². The Hall–Kier alpha value is -0.485. The van der Waals surface area contributed by atoms with Crippen LogP contribution in [-0.2, 0) is 11.3 Å². The molecule has 96 valence electrons. The van der Waals surface area contributed by atoms with E-state index >= 15 is 0 Å². The van der Waals surface area contributed by atoms with Crippen molar-refractivity contribution in [3.05, 3.63) is 29.3 Å². The van der Waals surface area contributed by atoms with Gasteiger partial charge in [0.15, 0.2) is 0 Å². The number of benzene rings is 1. The average Bonchev–Trinajstić information content (AvgIpc) is 2.15. The molecule has 2 N–H and O–H groups in total. The van der Waals surface area contributed by atoms with Crippen LogP contribution in [0.25, 0.3) is 0 Å². The molecule has 1 aromatic carbocycles. The number of hydrogen-bond acceptors (Lipinski definition) is 4. The molecule has 4 nitrogen and oxygen atoms in total. The first-order valence-electron chi connectivity index (χ1n) is 4.99. The van der Waals surface area contributed by atoms with E-state index in [1.54, 1.807) is 20.8 Å². The Labute approximate surface area is 131 Å². The Morgan fingerprint density at radius 3 is 2.33 bits per heavy atom. The zero-order valence-corrected chi connectivity index (χ0v) is 12.7. The number of carbonyl (C=O) groups is 1. The van der Waals surface area contributed by atoms with Gasteiger partial charge in [-0.25, -0.2) is 4.79 Å². The van der Waals surface area contributed by atoms with E-state index in [1.165, 1.54) is 18.2 Å². The molecule has 0 fully saturated rings. The van der Waals surface area contributed by atoms with Crippen molar-refractivity contribution in [2.75, 3.05) is 0 Å². The number of hydrogen-bond donors (Lipinski definition) is 2. The largest absolute Gasteiger partial charge is 1.00 e. The second kappa shape index (κ2) is 7.84. The average molecular weight is 262 g/mol. The van der Waals surface area contributed by atoms with Gasteiger partial charge in [-0.2, -0.15) is 0 Å². The molecule has 0 aromatic heterocycles. The Morgan fingerprint density at radius 1 is 1.33 bits per heavy atom. The van der Waals surface area contributed by atoms with Crippen LogP contribution in [-0.4, -0.2) is 30.2 Å². The SMILES string of the molecule is CC(C)(C)OC(=O)c1ccc(O)c(CO)c1.[BH4-].[Na+]. The van der Waals surface area contributed by atoms with Crippen molar-refractivity contribution in [2.24, 2.45) is 0 Å². The maximum atomic E-state index is 11.7. The Morgan fingerprint density at radius 2 is 1.89 bits per heavy atom. The third kappa shape index (κ3) is 5.91. The smallest absolute Gasteiger partial charge is 0.508 e. The van der Waals surface area contributed by atoms with Crippen LogP contribution in [0.3, 0.4) is 0 Å². The summed E-state index contributed by atoms with van der Waals surface area (Å²) in [5.41, 5.74) is 0.0640. The Balaban J connectivity index is 0. The zero-order valence-electron chi connectivity index (χ0n) is 10.7. The van der Waals surface area contributed by atoms with E-state index in [4.69, 9.17) is 9.84 Å². The first kappa shape index (κ1) is 19.8. The molecule has 0 atom stereocenters. The number of rotatable bonds is 2. The molecule has 0 amide bonds. The number of aliphatic hydroxyl groups is 1. The van der Waals surface area contributed by atoms with Gasteiger partial charge < -0.3 is 14.9 Å². The van der Waals surface area contributed by atoms with Crippen molar-refractivity contribution in [3.8, 4) is 5.75 Å². The number of esters is 1. The quantitative estimate of drug-likeness (QED) is 0.453. The van der Waals surface area contributed by atoms with Gasteiger partial charge >= 0.3 is 35.5 Å². The first-order chi connectivity index (χ1) is 7.33. The minimum atomic E-state index is -0.561. The van der Waals surface area contributed by atoms with Gasteiger partial charge in [-0.15, -0.1) is 0 Å². The van der Waals surface area contributed by atoms with Crippen molar-refractivity contribution in [3.63, 3.8) is 0 Å². The molecule has 0 aliphatic carbocycles. The summed E-state index contributed by atoms with van der Waals surface area (Å²) in [5.74, 6) is -0.503. The molecule has 1 aromatic rings. The standard InChI is InChI=1S/C12H16O4.BH4.Na/c1-12(2,3)16-11(15)8-4-5-10(14)9(6-8)7-13;;/h4-6,13-14H,7H2,1-3H3;1H4;/q;-1;+1. The molecule has 0 aliphatic heterocycles. The molecule has 18 heavy (non-hydrogen) atoms. The van der Waals surface area contributed by atoms with Crippen LogP contribution in [0.1, 0.15) is 36.7 Å². The number of aromatic hydroxyl groups is 1. The van der Waals surface area contributed by atoms with E-state index in [1.807, 2.05) is 0 Å². The molecule has 0 unspecified atom stereocenters. The molecule has 0 saturated heterocycles. The van der Waals surface area contributed by atoms with Crippen LogP contribution < -0.4 is 29.6 Å². The van der Waals surface area contributed by atoms with Gasteiger partial charge in [0.2, 0.25) is 0 Å².